The summed E-state index contributed by atoms with van der Waals surface area (Å²) in [6, 6.07) is 1.26. The maximum absolute atomic E-state index is 12.7. The summed E-state index contributed by atoms with van der Waals surface area (Å²) < 4.78 is 4.74. The Balaban J connectivity index is 1.83. The van der Waals surface area contributed by atoms with Crippen molar-refractivity contribution in [2.24, 2.45) is 0 Å². The molecule has 3 heterocycles. The van der Waals surface area contributed by atoms with E-state index < -0.39 is 18.1 Å². The second kappa shape index (κ2) is 5.98. The molecule has 1 aromatic rings. The average Bonchev–Trinajstić information content (AvgIpc) is 3.09. The van der Waals surface area contributed by atoms with Crippen LogP contribution in [0.3, 0.4) is 0 Å². The fourth-order valence-corrected chi connectivity index (χ4v) is 5.12. The number of hydrogen-bond acceptors (Lipinski definition) is 6. The van der Waals surface area contributed by atoms with E-state index in [-0.39, 0.29) is 18.9 Å². The van der Waals surface area contributed by atoms with Crippen LogP contribution in [0.4, 0.5) is 0 Å². The molecule has 7 heteroatoms. The topological polar surface area (TPSA) is 66.8 Å². The fourth-order valence-electron chi connectivity index (χ4n) is 2.79. The molecule has 1 fully saturated rings. The number of β-amino-alcohol motifs (C(OH)–C–C–N with tert-alkyl or cyclic N) is 1. The summed E-state index contributed by atoms with van der Waals surface area (Å²) in [5.41, 5.74) is 1.23. The van der Waals surface area contributed by atoms with E-state index in [1.807, 2.05) is 17.8 Å². The number of likely N-dealkylation sites (tertiary alicyclic amines) is 1. The zero-order valence-corrected chi connectivity index (χ0v) is 13.3. The number of thiophene rings is 1. The third-order valence-corrected chi connectivity index (χ3v) is 6.08. The van der Waals surface area contributed by atoms with Gasteiger partial charge in [0, 0.05) is 23.6 Å². The Bertz CT molecular complexity index is 548. The largest absolute Gasteiger partial charge is 0.467 e. The second-order valence-electron chi connectivity index (χ2n) is 5.25. The van der Waals surface area contributed by atoms with Gasteiger partial charge < -0.3 is 14.7 Å². The lowest BCUT2D eigenvalue weighted by Gasteiger charge is -2.21. The maximum atomic E-state index is 12.7. The van der Waals surface area contributed by atoms with E-state index in [2.05, 4.69) is 0 Å². The predicted molar refractivity (Wildman–Crippen MR) is 81.6 cm³/mol. The number of ether oxygens (including phenoxy) is 1. The standard InChI is InChI=1S/C14H17NO4S2/c1-19-14(18)10-5-9(16)6-15(10)13(17)12-4-8-7-20-3-2-11(8)21-12/h4,9-10,16H,2-3,5-7H2,1H3. The molecule has 0 saturated carbocycles. The molecule has 21 heavy (non-hydrogen) atoms. The van der Waals surface area contributed by atoms with Gasteiger partial charge in [-0.05, 0) is 23.8 Å². The molecular weight excluding hydrogens is 310 g/mol. The second-order valence-corrected chi connectivity index (χ2v) is 7.49. The van der Waals surface area contributed by atoms with Crippen molar-refractivity contribution in [2.45, 2.75) is 30.7 Å². The molecule has 0 aromatic carbocycles. The first-order chi connectivity index (χ1) is 10.1. The van der Waals surface area contributed by atoms with E-state index in [4.69, 9.17) is 4.74 Å². The number of aliphatic hydroxyl groups is 1. The molecule has 0 spiro atoms. The third kappa shape index (κ3) is 2.82. The summed E-state index contributed by atoms with van der Waals surface area (Å²) >= 11 is 3.39. The highest BCUT2D eigenvalue weighted by molar-refractivity contribution is 7.98. The van der Waals surface area contributed by atoms with Crippen LogP contribution in [-0.4, -0.2) is 53.4 Å². The Kier molecular flexibility index (Phi) is 4.24. The number of hydrogen-bond donors (Lipinski definition) is 1. The first-order valence-electron chi connectivity index (χ1n) is 6.86. The van der Waals surface area contributed by atoms with Crippen molar-refractivity contribution >= 4 is 35.0 Å². The molecule has 5 nitrogen and oxygen atoms in total. The number of fused-ring (bicyclic) bond motifs is 1. The zero-order chi connectivity index (χ0) is 15.0. The van der Waals surface area contributed by atoms with Crippen LogP contribution in [0.2, 0.25) is 0 Å². The van der Waals surface area contributed by atoms with Crippen molar-refractivity contribution in [2.75, 3.05) is 19.4 Å². The number of rotatable bonds is 2. The van der Waals surface area contributed by atoms with Crippen molar-refractivity contribution in [1.29, 1.82) is 0 Å². The molecule has 1 amide bonds. The molecule has 1 N–H and O–H groups in total. The van der Waals surface area contributed by atoms with E-state index in [1.165, 1.54) is 33.8 Å². The number of methoxy groups -OCH3 is 1. The summed E-state index contributed by atoms with van der Waals surface area (Å²) in [6.45, 7) is 0.190. The van der Waals surface area contributed by atoms with Crippen molar-refractivity contribution in [3.8, 4) is 0 Å². The van der Waals surface area contributed by atoms with Gasteiger partial charge in [-0.25, -0.2) is 4.79 Å². The number of aryl methyl sites for hydroxylation is 1. The van der Waals surface area contributed by atoms with Gasteiger partial charge in [-0.15, -0.1) is 11.3 Å². The van der Waals surface area contributed by atoms with Crippen LogP contribution in [0.25, 0.3) is 0 Å². The Labute approximate surface area is 131 Å². The minimum Gasteiger partial charge on any atom is -0.467 e. The number of nitrogens with zero attached hydrogens (tertiary/aromatic N) is 1. The minimum atomic E-state index is -0.675. The molecule has 0 radical (unpaired) electrons. The van der Waals surface area contributed by atoms with Crippen LogP contribution in [0, 0.1) is 0 Å². The lowest BCUT2D eigenvalue weighted by molar-refractivity contribution is -0.145. The lowest BCUT2D eigenvalue weighted by Crippen LogP contribution is -2.40. The third-order valence-electron chi connectivity index (χ3n) is 3.85. The van der Waals surface area contributed by atoms with Crippen LogP contribution < -0.4 is 0 Å². The number of amides is 1. The molecule has 2 atom stereocenters. The lowest BCUT2D eigenvalue weighted by atomic mass is 10.2. The molecule has 1 aromatic heterocycles. The summed E-state index contributed by atoms with van der Waals surface area (Å²) in [5, 5.41) is 9.77. The van der Waals surface area contributed by atoms with Crippen molar-refractivity contribution in [3.05, 3.63) is 21.4 Å². The number of carbonyl (C=O) groups is 2. The SMILES string of the molecule is COC(=O)C1CC(O)CN1C(=O)c1cc2c(s1)CCSC2. The van der Waals surface area contributed by atoms with Gasteiger partial charge in [-0.3, -0.25) is 4.79 Å². The van der Waals surface area contributed by atoms with Crippen LogP contribution in [0.15, 0.2) is 6.07 Å². The van der Waals surface area contributed by atoms with Crippen molar-refractivity contribution in [1.82, 2.24) is 4.90 Å². The zero-order valence-electron chi connectivity index (χ0n) is 11.7. The molecule has 3 rings (SSSR count). The van der Waals surface area contributed by atoms with Crippen LogP contribution in [0.5, 0.6) is 0 Å². The Hall–Kier alpha value is -1.05. The average molecular weight is 327 g/mol. The molecule has 1 saturated heterocycles. The van der Waals surface area contributed by atoms with Crippen LogP contribution in [0.1, 0.15) is 26.5 Å². The number of esters is 1. The molecule has 114 valence electrons. The molecule has 0 bridgehead atoms. The smallest absolute Gasteiger partial charge is 0.328 e. The summed E-state index contributed by atoms with van der Waals surface area (Å²) in [6.07, 6.45) is 0.587. The Morgan fingerprint density at radius 3 is 3.00 bits per heavy atom. The number of aliphatic hydroxyl groups excluding tert-OH is 1. The van der Waals surface area contributed by atoms with Crippen molar-refractivity contribution in [3.63, 3.8) is 0 Å². The first-order valence-corrected chi connectivity index (χ1v) is 8.83. The van der Waals surface area contributed by atoms with E-state index in [0.717, 1.165) is 17.9 Å². The van der Waals surface area contributed by atoms with E-state index in [9.17, 15) is 14.7 Å². The Morgan fingerprint density at radius 2 is 2.29 bits per heavy atom. The van der Waals surface area contributed by atoms with Crippen LogP contribution >= 0.6 is 23.1 Å². The predicted octanol–water partition coefficient (Wildman–Crippen LogP) is 1.29. The minimum absolute atomic E-state index is 0.175. The van der Waals surface area contributed by atoms with Gasteiger partial charge in [-0.2, -0.15) is 11.8 Å². The highest BCUT2D eigenvalue weighted by Crippen LogP contribution is 2.33. The van der Waals surface area contributed by atoms with E-state index in [0.29, 0.717) is 4.88 Å². The molecule has 0 aliphatic carbocycles. The van der Waals surface area contributed by atoms with Gasteiger partial charge in [0.25, 0.3) is 5.91 Å². The normalized spacial score (nSPS) is 24.8. The monoisotopic (exact) mass is 327 g/mol. The first kappa shape index (κ1) is 14.9. The quantitative estimate of drug-likeness (QED) is 0.829. The van der Waals surface area contributed by atoms with Gasteiger partial charge in [-0.1, -0.05) is 0 Å². The van der Waals surface area contributed by atoms with E-state index in [1.54, 1.807) is 0 Å². The molecule has 2 aliphatic rings. The van der Waals surface area contributed by atoms with Gasteiger partial charge in [0.15, 0.2) is 0 Å². The highest BCUT2D eigenvalue weighted by atomic mass is 32.2. The Morgan fingerprint density at radius 1 is 1.48 bits per heavy atom. The molecule has 2 aliphatic heterocycles. The summed E-state index contributed by atoms with van der Waals surface area (Å²) in [5.74, 6) is 1.40. The van der Waals surface area contributed by atoms with Gasteiger partial charge in [0.05, 0.1) is 18.1 Å². The van der Waals surface area contributed by atoms with Gasteiger partial charge in [0.2, 0.25) is 0 Å². The summed E-state index contributed by atoms with van der Waals surface area (Å²) in [4.78, 5) is 27.8. The number of carbonyl (C=O) groups excluding carboxylic acids is 2. The van der Waals surface area contributed by atoms with Gasteiger partial charge in [0.1, 0.15) is 6.04 Å². The van der Waals surface area contributed by atoms with Crippen LogP contribution in [-0.2, 0) is 21.7 Å². The molecular formula is C14H17NO4S2. The van der Waals surface area contributed by atoms with E-state index >= 15 is 0 Å². The van der Waals surface area contributed by atoms with Crippen molar-refractivity contribution < 1.29 is 19.4 Å². The molecule has 2 unspecified atom stereocenters. The maximum Gasteiger partial charge on any atom is 0.328 e. The van der Waals surface area contributed by atoms with Gasteiger partial charge >= 0.3 is 5.97 Å². The fraction of sp³-hybridized carbons (Fsp3) is 0.571. The summed E-state index contributed by atoms with van der Waals surface area (Å²) in [7, 11) is 1.30. The number of thioether (sulfide) groups is 1. The highest BCUT2D eigenvalue weighted by Gasteiger charge is 2.40.